The standard InChI is InChI=1S/C26H18ClN3O2S/c27-20-7-4-8-21(13-20)29-23(31)14-30-16-28-25-24(26(30)32)22(15-33-25)19-11-9-18(10-12-19)17-5-2-1-3-6-17/h1-13,15-16H,14H2,(H,29,31). The van der Waals surface area contributed by atoms with E-state index in [0.717, 1.165) is 22.3 Å². The molecule has 0 atom stereocenters. The number of nitrogens with one attached hydrogen (secondary N) is 1. The predicted octanol–water partition coefficient (Wildman–Crippen LogP) is 6.08. The Morgan fingerprint density at radius 2 is 1.67 bits per heavy atom. The molecule has 0 fully saturated rings. The van der Waals surface area contributed by atoms with E-state index in [-0.39, 0.29) is 18.0 Å². The number of anilines is 1. The van der Waals surface area contributed by atoms with Crippen molar-refractivity contribution < 1.29 is 4.79 Å². The molecule has 1 N–H and O–H groups in total. The zero-order valence-electron chi connectivity index (χ0n) is 17.4. The van der Waals surface area contributed by atoms with E-state index >= 15 is 0 Å². The number of hydrogen-bond donors (Lipinski definition) is 1. The van der Waals surface area contributed by atoms with Gasteiger partial charge in [-0.15, -0.1) is 11.3 Å². The lowest BCUT2D eigenvalue weighted by atomic mass is 10.0. The Bertz CT molecular complexity index is 1510. The number of carbonyl (C=O) groups is 1. The normalized spacial score (nSPS) is 10.9. The Balaban J connectivity index is 1.44. The van der Waals surface area contributed by atoms with E-state index in [1.807, 2.05) is 47.8 Å². The number of amides is 1. The van der Waals surface area contributed by atoms with Crippen LogP contribution >= 0.6 is 22.9 Å². The minimum atomic E-state index is -0.329. The molecule has 0 spiro atoms. The lowest BCUT2D eigenvalue weighted by Gasteiger charge is -2.08. The molecular weight excluding hydrogens is 454 g/mol. The van der Waals surface area contributed by atoms with E-state index in [4.69, 9.17) is 11.6 Å². The van der Waals surface area contributed by atoms with Gasteiger partial charge in [-0.1, -0.05) is 72.3 Å². The maximum absolute atomic E-state index is 13.2. The zero-order valence-corrected chi connectivity index (χ0v) is 18.9. The molecule has 7 heteroatoms. The van der Waals surface area contributed by atoms with Crippen molar-refractivity contribution in [3.05, 3.63) is 106 Å². The number of nitrogens with zero attached hydrogens (tertiary/aromatic N) is 2. The van der Waals surface area contributed by atoms with Gasteiger partial charge in [0.2, 0.25) is 5.91 Å². The second-order valence-corrected chi connectivity index (χ2v) is 8.80. The summed E-state index contributed by atoms with van der Waals surface area (Å²) < 4.78 is 1.33. The average molecular weight is 472 g/mol. The number of aromatic nitrogens is 2. The number of hydrogen-bond acceptors (Lipinski definition) is 4. The molecule has 5 aromatic rings. The van der Waals surface area contributed by atoms with Crippen molar-refractivity contribution in [2.75, 3.05) is 5.32 Å². The molecule has 1 amide bonds. The van der Waals surface area contributed by atoms with E-state index in [2.05, 4.69) is 22.4 Å². The first-order valence-electron chi connectivity index (χ1n) is 10.3. The third-order valence-corrected chi connectivity index (χ3v) is 6.41. The van der Waals surface area contributed by atoms with Crippen molar-refractivity contribution in [3.63, 3.8) is 0 Å². The first-order chi connectivity index (χ1) is 16.1. The molecule has 0 saturated heterocycles. The van der Waals surface area contributed by atoms with Gasteiger partial charge >= 0.3 is 0 Å². The zero-order chi connectivity index (χ0) is 22.8. The topological polar surface area (TPSA) is 64.0 Å². The minimum absolute atomic E-state index is 0.142. The Hall–Kier alpha value is -3.74. The quantitative estimate of drug-likeness (QED) is 0.337. The van der Waals surface area contributed by atoms with Crippen LogP contribution in [0.2, 0.25) is 5.02 Å². The highest BCUT2D eigenvalue weighted by atomic mass is 35.5. The van der Waals surface area contributed by atoms with Gasteiger partial charge in [0.15, 0.2) is 0 Å². The molecule has 5 rings (SSSR count). The van der Waals surface area contributed by atoms with Crippen LogP contribution in [0.5, 0.6) is 0 Å². The molecule has 33 heavy (non-hydrogen) atoms. The Labute approximate surface area is 198 Å². The van der Waals surface area contributed by atoms with Crippen molar-refractivity contribution in [1.82, 2.24) is 9.55 Å². The summed E-state index contributed by atoms with van der Waals surface area (Å²) in [5.41, 5.74) is 4.31. The van der Waals surface area contributed by atoms with E-state index in [1.54, 1.807) is 24.3 Å². The minimum Gasteiger partial charge on any atom is -0.324 e. The highest BCUT2D eigenvalue weighted by Crippen LogP contribution is 2.32. The van der Waals surface area contributed by atoms with Crippen LogP contribution in [0.25, 0.3) is 32.5 Å². The lowest BCUT2D eigenvalue weighted by molar-refractivity contribution is -0.116. The van der Waals surface area contributed by atoms with Crippen molar-refractivity contribution in [1.29, 1.82) is 0 Å². The summed E-state index contributed by atoms with van der Waals surface area (Å²) in [6.45, 7) is -0.142. The van der Waals surface area contributed by atoms with Crippen LogP contribution in [0.1, 0.15) is 0 Å². The number of benzene rings is 3. The summed E-state index contributed by atoms with van der Waals surface area (Å²) >= 11 is 7.39. The summed E-state index contributed by atoms with van der Waals surface area (Å²) in [6.07, 6.45) is 1.42. The largest absolute Gasteiger partial charge is 0.324 e. The van der Waals surface area contributed by atoms with Crippen molar-refractivity contribution >= 4 is 44.7 Å². The fourth-order valence-electron chi connectivity index (χ4n) is 3.69. The maximum atomic E-state index is 13.2. The van der Waals surface area contributed by atoms with E-state index in [0.29, 0.717) is 20.9 Å². The average Bonchev–Trinajstić information content (AvgIpc) is 3.27. The van der Waals surface area contributed by atoms with E-state index in [9.17, 15) is 9.59 Å². The van der Waals surface area contributed by atoms with Crippen LogP contribution in [0, 0.1) is 0 Å². The fraction of sp³-hybridized carbons (Fsp3) is 0.0385. The van der Waals surface area contributed by atoms with Crippen LogP contribution < -0.4 is 10.9 Å². The number of halogens is 1. The molecule has 0 aliphatic heterocycles. The lowest BCUT2D eigenvalue weighted by Crippen LogP contribution is -2.27. The van der Waals surface area contributed by atoms with Crippen LogP contribution in [-0.4, -0.2) is 15.5 Å². The van der Waals surface area contributed by atoms with Crippen molar-refractivity contribution in [2.45, 2.75) is 6.54 Å². The number of thiophene rings is 1. The molecule has 162 valence electrons. The highest BCUT2D eigenvalue weighted by molar-refractivity contribution is 7.17. The molecule has 0 bridgehead atoms. The van der Waals surface area contributed by atoms with Gasteiger partial charge in [-0.05, 0) is 34.9 Å². The van der Waals surface area contributed by atoms with Crippen LogP contribution in [-0.2, 0) is 11.3 Å². The molecule has 0 saturated carbocycles. The molecule has 2 heterocycles. The SMILES string of the molecule is O=C(Cn1cnc2scc(-c3ccc(-c4ccccc4)cc3)c2c1=O)Nc1cccc(Cl)c1. The number of rotatable bonds is 5. The van der Waals surface area contributed by atoms with E-state index < -0.39 is 0 Å². The Morgan fingerprint density at radius 3 is 2.42 bits per heavy atom. The molecule has 2 aromatic heterocycles. The van der Waals surface area contributed by atoms with E-state index in [1.165, 1.54) is 22.2 Å². The van der Waals surface area contributed by atoms with Gasteiger partial charge < -0.3 is 5.32 Å². The third kappa shape index (κ3) is 4.44. The van der Waals surface area contributed by atoms with Gasteiger partial charge in [-0.2, -0.15) is 0 Å². The van der Waals surface area contributed by atoms with Gasteiger partial charge in [-0.25, -0.2) is 4.98 Å². The molecule has 3 aromatic carbocycles. The Morgan fingerprint density at radius 1 is 0.939 bits per heavy atom. The maximum Gasteiger partial charge on any atom is 0.263 e. The number of fused-ring (bicyclic) bond motifs is 1. The van der Waals surface area contributed by atoms with Crippen LogP contribution in [0.4, 0.5) is 5.69 Å². The summed E-state index contributed by atoms with van der Waals surface area (Å²) in [6, 6.07) is 25.1. The monoisotopic (exact) mass is 471 g/mol. The summed E-state index contributed by atoms with van der Waals surface area (Å²) in [7, 11) is 0. The Kier molecular flexibility index (Phi) is 5.77. The third-order valence-electron chi connectivity index (χ3n) is 5.29. The molecular formula is C26H18ClN3O2S. The smallest absolute Gasteiger partial charge is 0.263 e. The second-order valence-electron chi connectivity index (χ2n) is 7.51. The molecule has 0 aliphatic carbocycles. The molecule has 0 unspecified atom stereocenters. The summed E-state index contributed by atoms with van der Waals surface area (Å²) in [4.78, 5) is 30.8. The van der Waals surface area contributed by atoms with Gasteiger partial charge in [-0.3, -0.25) is 14.2 Å². The number of carbonyl (C=O) groups excluding carboxylic acids is 1. The highest BCUT2D eigenvalue weighted by Gasteiger charge is 2.15. The second kappa shape index (κ2) is 9.02. The van der Waals surface area contributed by atoms with Gasteiger partial charge in [0.25, 0.3) is 5.56 Å². The fourth-order valence-corrected chi connectivity index (χ4v) is 4.78. The van der Waals surface area contributed by atoms with Crippen LogP contribution in [0.15, 0.2) is 95.4 Å². The van der Waals surface area contributed by atoms with Gasteiger partial charge in [0, 0.05) is 21.7 Å². The molecule has 0 radical (unpaired) electrons. The van der Waals surface area contributed by atoms with Crippen molar-refractivity contribution in [2.24, 2.45) is 0 Å². The van der Waals surface area contributed by atoms with Crippen LogP contribution in [0.3, 0.4) is 0 Å². The molecule has 0 aliphatic rings. The predicted molar refractivity (Wildman–Crippen MR) is 135 cm³/mol. The van der Waals surface area contributed by atoms with Gasteiger partial charge in [0.1, 0.15) is 11.4 Å². The molecule has 5 nitrogen and oxygen atoms in total. The summed E-state index contributed by atoms with van der Waals surface area (Å²) in [5, 5.41) is 5.74. The first kappa shape index (κ1) is 21.1. The first-order valence-corrected chi connectivity index (χ1v) is 11.5. The van der Waals surface area contributed by atoms with Crippen molar-refractivity contribution in [3.8, 4) is 22.3 Å². The van der Waals surface area contributed by atoms with Gasteiger partial charge in [0.05, 0.1) is 11.7 Å². The summed E-state index contributed by atoms with van der Waals surface area (Å²) in [5.74, 6) is -0.329.